The van der Waals surface area contributed by atoms with Crippen molar-refractivity contribution >= 4 is 5.82 Å². The van der Waals surface area contributed by atoms with E-state index >= 15 is 0 Å². The highest BCUT2D eigenvalue weighted by molar-refractivity contribution is 5.36. The summed E-state index contributed by atoms with van der Waals surface area (Å²) >= 11 is 0. The molecule has 1 aromatic heterocycles. The van der Waals surface area contributed by atoms with Crippen LogP contribution in [-0.4, -0.2) is 36.5 Å². The maximum absolute atomic E-state index is 5.46. The molecule has 16 heavy (non-hydrogen) atoms. The van der Waals surface area contributed by atoms with E-state index in [1.54, 1.807) is 0 Å². The fourth-order valence-electron chi connectivity index (χ4n) is 2.04. The van der Waals surface area contributed by atoms with Crippen molar-refractivity contribution in [3.63, 3.8) is 0 Å². The van der Waals surface area contributed by atoms with Crippen LogP contribution in [0.3, 0.4) is 0 Å². The Hall–Kier alpha value is -1.16. The average molecular weight is 220 g/mol. The molecule has 4 nitrogen and oxygen atoms in total. The number of hydrogen-bond donors (Lipinski definition) is 0. The zero-order valence-corrected chi connectivity index (χ0v) is 9.72. The first-order valence-corrected chi connectivity index (χ1v) is 5.92. The molecule has 0 aromatic carbocycles. The minimum absolute atomic E-state index is 0.708. The molecule has 87 valence electrons. The van der Waals surface area contributed by atoms with Crippen LogP contribution in [-0.2, 0) is 4.74 Å². The lowest BCUT2D eigenvalue weighted by atomic mass is 9.98. The van der Waals surface area contributed by atoms with Crippen molar-refractivity contribution in [2.45, 2.75) is 19.8 Å². The van der Waals surface area contributed by atoms with E-state index in [9.17, 15) is 0 Å². The fourth-order valence-corrected chi connectivity index (χ4v) is 2.04. The number of ether oxygens (including phenoxy) is 1. The second-order valence-corrected chi connectivity index (χ2v) is 4.11. The predicted octanol–water partition coefficient (Wildman–Crippen LogP) is 1.53. The Labute approximate surface area is 96.6 Å². The van der Waals surface area contributed by atoms with E-state index in [0.29, 0.717) is 5.92 Å². The summed E-state index contributed by atoms with van der Waals surface area (Å²) in [6.45, 7) is 5.87. The van der Waals surface area contributed by atoms with Gasteiger partial charge in [-0.05, 0) is 37.8 Å². The van der Waals surface area contributed by atoms with E-state index in [0.717, 1.165) is 32.1 Å². The molecule has 0 bridgehead atoms. The molecule has 1 saturated heterocycles. The first-order chi connectivity index (χ1) is 7.90. The Morgan fingerprint density at radius 2 is 2.31 bits per heavy atom. The third-order valence-electron chi connectivity index (χ3n) is 3.01. The molecule has 2 rings (SSSR count). The monoisotopic (exact) mass is 220 g/mol. The Morgan fingerprint density at radius 3 is 2.94 bits per heavy atom. The largest absolute Gasteiger partial charge is 0.381 e. The van der Waals surface area contributed by atoms with E-state index in [4.69, 9.17) is 4.74 Å². The van der Waals surface area contributed by atoms with Crippen LogP contribution in [0.1, 0.15) is 19.8 Å². The second kappa shape index (κ2) is 5.80. The third kappa shape index (κ3) is 2.92. The molecule has 0 unspecified atom stereocenters. The topological polar surface area (TPSA) is 38.2 Å². The number of aromatic nitrogens is 2. The van der Waals surface area contributed by atoms with E-state index in [2.05, 4.69) is 21.3 Å². The van der Waals surface area contributed by atoms with Crippen LogP contribution in [0.2, 0.25) is 0 Å². The highest BCUT2D eigenvalue weighted by atomic mass is 16.5. The molecular weight excluding hydrogens is 202 g/mol. The van der Waals surface area contributed by atoms with Gasteiger partial charge >= 0.3 is 0 Å². The van der Waals surface area contributed by atoms with Gasteiger partial charge in [0.1, 0.15) is 6.20 Å². The summed E-state index contributed by atoms with van der Waals surface area (Å²) < 4.78 is 5.46. The van der Waals surface area contributed by atoms with E-state index in [-0.39, 0.29) is 0 Å². The molecule has 0 amide bonds. The van der Waals surface area contributed by atoms with Gasteiger partial charge < -0.3 is 9.64 Å². The first-order valence-electron chi connectivity index (χ1n) is 5.92. The lowest BCUT2D eigenvalue weighted by Crippen LogP contribution is -2.35. The Morgan fingerprint density at radius 1 is 1.50 bits per heavy atom. The van der Waals surface area contributed by atoms with Gasteiger partial charge in [0.05, 0.1) is 0 Å². The fraction of sp³-hybridized carbons (Fsp3) is 0.667. The number of nitrogens with zero attached hydrogens (tertiary/aromatic N) is 3. The molecule has 1 aliphatic heterocycles. The van der Waals surface area contributed by atoms with E-state index in [1.807, 2.05) is 19.1 Å². The molecule has 0 aliphatic carbocycles. The van der Waals surface area contributed by atoms with Crippen molar-refractivity contribution in [3.05, 3.63) is 18.3 Å². The summed E-state index contributed by atoms with van der Waals surface area (Å²) in [5, 5.41) is 7.87. The standard InChI is InChI=1S/C12H18N3O/c1-2-16-10-11-5-8-15(9-6-11)12-4-3-7-13-14-12/h3-4,11H,2,5-6,8-10H2,1H3. The number of piperidine rings is 1. The lowest BCUT2D eigenvalue weighted by molar-refractivity contribution is 0.100. The van der Waals surface area contributed by atoms with Crippen LogP contribution < -0.4 is 4.90 Å². The van der Waals surface area contributed by atoms with Crippen molar-refractivity contribution in [1.29, 1.82) is 0 Å². The summed E-state index contributed by atoms with van der Waals surface area (Å²) in [7, 11) is 0. The number of hydrogen-bond acceptors (Lipinski definition) is 4. The highest BCUT2D eigenvalue weighted by Crippen LogP contribution is 2.21. The third-order valence-corrected chi connectivity index (χ3v) is 3.01. The molecule has 0 saturated carbocycles. The van der Waals surface area contributed by atoms with Gasteiger partial charge in [0.15, 0.2) is 5.82 Å². The van der Waals surface area contributed by atoms with Gasteiger partial charge in [0, 0.05) is 26.3 Å². The molecule has 4 heteroatoms. The molecule has 1 radical (unpaired) electrons. The second-order valence-electron chi connectivity index (χ2n) is 4.11. The van der Waals surface area contributed by atoms with Gasteiger partial charge in [0.25, 0.3) is 0 Å². The molecule has 1 aromatic rings. The smallest absolute Gasteiger partial charge is 0.151 e. The molecule has 2 heterocycles. The van der Waals surface area contributed by atoms with Gasteiger partial charge in [-0.25, -0.2) is 0 Å². The first kappa shape index (κ1) is 11.3. The predicted molar refractivity (Wildman–Crippen MR) is 62.3 cm³/mol. The molecule has 0 atom stereocenters. The van der Waals surface area contributed by atoms with Crippen LogP contribution in [0.4, 0.5) is 5.82 Å². The molecule has 0 spiro atoms. The van der Waals surface area contributed by atoms with Crippen LogP contribution in [0.5, 0.6) is 0 Å². The highest BCUT2D eigenvalue weighted by Gasteiger charge is 2.19. The summed E-state index contributed by atoms with van der Waals surface area (Å²) in [4.78, 5) is 2.28. The van der Waals surface area contributed by atoms with E-state index < -0.39 is 0 Å². The van der Waals surface area contributed by atoms with Crippen LogP contribution in [0.15, 0.2) is 12.1 Å². The quantitative estimate of drug-likeness (QED) is 0.771. The van der Waals surface area contributed by atoms with Crippen molar-refractivity contribution in [1.82, 2.24) is 10.2 Å². The average Bonchev–Trinajstić information content (AvgIpc) is 2.38. The van der Waals surface area contributed by atoms with Gasteiger partial charge in [-0.3, -0.25) is 0 Å². The van der Waals surface area contributed by atoms with Crippen LogP contribution in [0, 0.1) is 12.1 Å². The van der Waals surface area contributed by atoms with Gasteiger partial charge in [-0.2, -0.15) is 0 Å². The number of anilines is 1. The zero-order valence-electron chi connectivity index (χ0n) is 9.72. The van der Waals surface area contributed by atoms with Crippen molar-refractivity contribution < 1.29 is 4.74 Å². The SMILES string of the molecule is CCOCC1CCN(c2cc[c]nn2)CC1. The minimum Gasteiger partial charge on any atom is -0.381 e. The maximum atomic E-state index is 5.46. The molecule has 1 fully saturated rings. The Balaban J connectivity index is 1.81. The van der Waals surface area contributed by atoms with E-state index in [1.165, 1.54) is 12.8 Å². The summed E-state index contributed by atoms with van der Waals surface area (Å²) in [6.07, 6.45) is 5.06. The van der Waals surface area contributed by atoms with Crippen molar-refractivity contribution in [3.8, 4) is 0 Å². The van der Waals surface area contributed by atoms with Gasteiger partial charge in [0.2, 0.25) is 0 Å². The van der Waals surface area contributed by atoms with Gasteiger partial charge in [-0.1, -0.05) is 0 Å². The zero-order chi connectivity index (χ0) is 11.2. The Kier molecular flexibility index (Phi) is 4.10. The summed E-state index contributed by atoms with van der Waals surface area (Å²) in [5.74, 6) is 1.67. The lowest BCUT2D eigenvalue weighted by Gasteiger charge is -2.32. The van der Waals surface area contributed by atoms with Crippen LogP contribution >= 0.6 is 0 Å². The van der Waals surface area contributed by atoms with Crippen molar-refractivity contribution in [2.24, 2.45) is 5.92 Å². The van der Waals surface area contributed by atoms with Crippen molar-refractivity contribution in [2.75, 3.05) is 31.2 Å². The number of rotatable bonds is 4. The van der Waals surface area contributed by atoms with Gasteiger partial charge in [-0.15, -0.1) is 10.2 Å². The molecule has 0 N–H and O–H groups in total. The van der Waals surface area contributed by atoms with Crippen LogP contribution in [0.25, 0.3) is 0 Å². The minimum atomic E-state index is 0.708. The normalized spacial score (nSPS) is 17.7. The summed E-state index contributed by atoms with van der Waals surface area (Å²) in [5.41, 5.74) is 0. The molecular formula is C12H18N3O. The molecule has 1 aliphatic rings. The maximum Gasteiger partial charge on any atom is 0.151 e. The Bertz CT molecular complexity index is 296. The summed E-state index contributed by atoms with van der Waals surface area (Å²) in [6, 6.07) is 3.78.